The standard InChI is InChI=1S/C19H19ClN2O7S/c1-11(22-30(26,27)16-6-4-14(20)5-7-16)17(23)21-15-9-12(18(24)28-2)8-13(10-15)19(25)29-3/h4-11,22H,1-3H3,(H,21,23)/t11-/m0/s1. The number of ether oxygens (including phenoxy) is 2. The monoisotopic (exact) mass is 454 g/mol. The molecule has 2 N–H and O–H groups in total. The second kappa shape index (κ2) is 9.70. The number of carbonyl (C=O) groups is 3. The van der Waals surface area contributed by atoms with Gasteiger partial charge in [0.25, 0.3) is 0 Å². The largest absolute Gasteiger partial charge is 0.465 e. The van der Waals surface area contributed by atoms with E-state index >= 15 is 0 Å². The van der Waals surface area contributed by atoms with E-state index in [-0.39, 0.29) is 21.7 Å². The first-order chi connectivity index (χ1) is 14.1. The van der Waals surface area contributed by atoms with Gasteiger partial charge in [0.1, 0.15) is 0 Å². The topological polar surface area (TPSA) is 128 Å². The Balaban J connectivity index is 2.22. The Hall–Kier alpha value is -2.95. The minimum absolute atomic E-state index is 0.00472. The van der Waals surface area contributed by atoms with Gasteiger partial charge in [0.15, 0.2) is 0 Å². The van der Waals surface area contributed by atoms with Gasteiger partial charge in [0.2, 0.25) is 15.9 Å². The Labute approximate surface area is 178 Å². The van der Waals surface area contributed by atoms with Crippen LogP contribution in [0.25, 0.3) is 0 Å². The third-order valence-corrected chi connectivity index (χ3v) is 5.70. The minimum Gasteiger partial charge on any atom is -0.465 e. The number of carbonyl (C=O) groups excluding carboxylic acids is 3. The predicted octanol–water partition coefficient (Wildman–Crippen LogP) is 2.22. The molecule has 0 aromatic heterocycles. The van der Waals surface area contributed by atoms with Crippen LogP contribution in [0.1, 0.15) is 27.6 Å². The first-order valence-electron chi connectivity index (χ1n) is 8.48. The maximum absolute atomic E-state index is 12.5. The summed E-state index contributed by atoms with van der Waals surface area (Å²) < 4.78 is 36.3. The number of hydrogen-bond acceptors (Lipinski definition) is 7. The highest BCUT2D eigenvalue weighted by molar-refractivity contribution is 7.89. The zero-order chi connectivity index (χ0) is 22.5. The molecule has 30 heavy (non-hydrogen) atoms. The molecule has 0 aliphatic heterocycles. The van der Waals surface area contributed by atoms with Crippen LogP contribution in [0.15, 0.2) is 47.4 Å². The van der Waals surface area contributed by atoms with Crippen LogP contribution in [-0.4, -0.2) is 46.5 Å². The lowest BCUT2D eigenvalue weighted by Crippen LogP contribution is -2.41. The molecule has 0 fully saturated rings. The summed E-state index contributed by atoms with van der Waals surface area (Å²) in [4.78, 5) is 36.1. The number of rotatable bonds is 7. The summed E-state index contributed by atoms with van der Waals surface area (Å²) in [6, 6.07) is 8.08. The molecule has 0 heterocycles. The minimum atomic E-state index is -3.98. The SMILES string of the molecule is COC(=O)c1cc(NC(=O)[C@H](C)NS(=O)(=O)c2ccc(Cl)cc2)cc(C(=O)OC)c1. The Kier molecular flexibility index (Phi) is 7.54. The quantitative estimate of drug-likeness (QED) is 0.614. The number of halogens is 1. The maximum Gasteiger partial charge on any atom is 0.337 e. The van der Waals surface area contributed by atoms with Gasteiger partial charge >= 0.3 is 11.9 Å². The van der Waals surface area contributed by atoms with E-state index in [0.29, 0.717) is 5.02 Å². The molecule has 2 aromatic carbocycles. The van der Waals surface area contributed by atoms with Gasteiger partial charge in [-0.25, -0.2) is 18.0 Å². The molecule has 1 atom stereocenters. The van der Waals surface area contributed by atoms with Crippen molar-refractivity contribution in [2.45, 2.75) is 17.9 Å². The van der Waals surface area contributed by atoms with Crippen LogP contribution in [0.3, 0.4) is 0 Å². The number of anilines is 1. The number of amides is 1. The Morgan fingerprint density at radius 2 is 1.43 bits per heavy atom. The number of methoxy groups -OCH3 is 2. The number of hydrogen-bond donors (Lipinski definition) is 2. The van der Waals surface area contributed by atoms with E-state index in [4.69, 9.17) is 11.6 Å². The lowest BCUT2D eigenvalue weighted by atomic mass is 10.1. The third kappa shape index (κ3) is 5.78. The average Bonchev–Trinajstić information content (AvgIpc) is 2.72. The molecule has 0 spiro atoms. The Morgan fingerprint density at radius 1 is 0.933 bits per heavy atom. The number of sulfonamides is 1. The first kappa shape index (κ1) is 23.3. The van der Waals surface area contributed by atoms with Gasteiger partial charge in [0, 0.05) is 10.7 Å². The molecular formula is C19H19ClN2O7S. The molecule has 2 rings (SSSR count). The van der Waals surface area contributed by atoms with Crippen molar-refractivity contribution in [3.63, 3.8) is 0 Å². The molecular weight excluding hydrogens is 436 g/mol. The summed E-state index contributed by atoms with van der Waals surface area (Å²) in [5, 5.41) is 2.83. The molecule has 9 nitrogen and oxygen atoms in total. The van der Waals surface area contributed by atoms with E-state index < -0.39 is 33.9 Å². The van der Waals surface area contributed by atoms with Gasteiger partial charge in [-0.1, -0.05) is 11.6 Å². The summed E-state index contributed by atoms with van der Waals surface area (Å²) in [5.74, 6) is -2.18. The normalized spacial score (nSPS) is 12.0. The summed E-state index contributed by atoms with van der Waals surface area (Å²) >= 11 is 5.75. The number of esters is 2. The van der Waals surface area contributed by atoms with Crippen molar-refractivity contribution in [1.29, 1.82) is 0 Å². The molecule has 0 aliphatic rings. The molecule has 0 bridgehead atoms. The molecule has 0 unspecified atom stereocenters. The summed E-state index contributed by atoms with van der Waals surface area (Å²) in [6.45, 7) is 1.34. The van der Waals surface area contributed by atoms with Crippen molar-refractivity contribution >= 4 is 45.2 Å². The second-order valence-corrected chi connectivity index (χ2v) is 8.22. The van der Waals surface area contributed by atoms with Crippen molar-refractivity contribution in [3.05, 3.63) is 58.6 Å². The zero-order valence-electron chi connectivity index (χ0n) is 16.3. The van der Waals surface area contributed by atoms with Crippen molar-refractivity contribution in [2.24, 2.45) is 0 Å². The molecule has 11 heteroatoms. The van der Waals surface area contributed by atoms with Gasteiger partial charge < -0.3 is 14.8 Å². The maximum atomic E-state index is 12.5. The fraction of sp³-hybridized carbons (Fsp3) is 0.211. The predicted molar refractivity (Wildman–Crippen MR) is 109 cm³/mol. The summed E-state index contributed by atoms with van der Waals surface area (Å²) in [5.41, 5.74) is 0.0936. The van der Waals surface area contributed by atoms with Gasteiger partial charge in [-0.3, -0.25) is 4.79 Å². The van der Waals surface area contributed by atoms with E-state index in [1.54, 1.807) is 0 Å². The molecule has 0 radical (unpaired) electrons. The molecule has 1 amide bonds. The van der Waals surface area contributed by atoms with Crippen molar-refractivity contribution < 1.29 is 32.3 Å². The fourth-order valence-corrected chi connectivity index (χ4v) is 3.72. The Morgan fingerprint density at radius 3 is 1.90 bits per heavy atom. The molecule has 160 valence electrons. The van der Waals surface area contributed by atoms with E-state index in [1.807, 2.05) is 0 Å². The average molecular weight is 455 g/mol. The third-order valence-electron chi connectivity index (χ3n) is 3.89. The van der Waals surface area contributed by atoms with Crippen LogP contribution in [0, 0.1) is 0 Å². The van der Waals surface area contributed by atoms with Crippen LogP contribution < -0.4 is 10.0 Å². The van der Waals surface area contributed by atoms with Crippen LogP contribution in [0.4, 0.5) is 5.69 Å². The highest BCUT2D eigenvalue weighted by Gasteiger charge is 2.23. The van der Waals surface area contributed by atoms with Gasteiger partial charge in [-0.05, 0) is 49.4 Å². The number of nitrogens with one attached hydrogen (secondary N) is 2. The fourth-order valence-electron chi connectivity index (χ4n) is 2.39. The second-order valence-electron chi connectivity index (χ2n) is 6.07. The van der Waals surface area contributed by atoms with Gasteiger partial charge in [0.05, 0.1) is 36.3 Å². The van der Waals surface area contributed by atoms with E-state index in [2.05, 4.69) is 19.5 Å². The zero-order valence-corrected chi connectivity index (χ0v) is 17.8. The summed E-state index contributed by atoms with van der Waals surface area (Å²) in [7, 11) is -1.65. The molecule has 0 saturated heterocycles. The van der Waals surface area contributed by atoms with Crippen molar-refractivity contribution in [3.8, 4) is 0 Å². The van der Waals surface area contributed by atoms with E-state index in [0.717, 1.165) is 0 Å². The molecule has 0 saturated carbocycles. The highest BCUT2D eigenvalue weighted by Crippen LogP contribution is 2.18. The van der Waals surface area contributed by atoms with Gasteiger partial charge in [-0.15, -0.1) is 0 Å². The van der Waals surface area contributed by atoms with E-state index in [1.165, 1.54) is 63.6 Å². The van der Waals surface area contributed by atoms with Crippen LogP contribution in [0.5, 0.6) is 0 Å². The van der Waals surface area contributed by atoms with Crippen LogP contribution in [0.2, 0.25) is 5.02 Å². The lowest BCUT2D eigenvalue weighted by Gasteiger charge is -2.15. The van der Waals surface area contributed by atoms with Crippen LogP contribution in [-0.2, 0) is 24.3 Å². The smallest absolute Gasteiger partial charge is 0.337 e. The summed E-state index contributed by atoms with van der Waals surface area (Å²) in [6.07, 6.45) is 0. The molecule has 2 aromatic rings. The highest BCUT2D eigenvalue weighted by atomic mass is 35.5. The van der Waals surface area contributed by atoms with E-state index in [9.17, 15) is 22.8 Å². The van der Waals surface area contributed by atoms with Crippen molar-refractivity contribution in [2.75, 3.05) is 19.5 Å². The van der Waals surface area contributed by atoms with Crippen molar-refractivity contribution in [1.82, 2.24) is 4.72 Å². The molecule has 0 aliphatic carbocycles. The first-order valence-corrected chi connectivity index (χ1v) is 10.3. The number of benzene rings is 2. The van der Waals surface area contributed by atoms with Gasteiger partial charge in [-0.2, -0.15) is 4.72 Å². The Bertz CT molecular complexity index is 1030. The lowest BCUT2D eigenvalue weighted by molar-refractivity contribution is -0.117. The van der Waals surface area contributed by atoms with Crippen LogP contribution >= 0.6 is 11.6 Å².